The number of carbonyl (C=O) groups excluding carboxylic acids is 1. The second-order valence-electron chi connectivity index (χ2n) is 7.12. The van der Waals surface area contributed by atoms with Gasteiger partial charge in [0.15, 0.2) is 5.16 Å². The van der Waals surface area contributed by atoms with E-state index in [2.05, 4.69) is 19.2 Å². The van der Waals surface area contributed by atoms with Crippen LogP contribution in [0.4, 0.5) is 0 Å². The van der Waals surface area contributed by atoms with Crippen molar-refractivity contribution in [2.75, 3.05) is 7.05 Å². The van der Waals surface area contributed by atoms with Gasteiger partial charge in [0.1, 0.15) is 0 Å². The fourth-order valence-corrected chi connectivity index (χ4v) is 3.91. The number of hydrogen-bond donors (Lipinski definition) is 1. The topological polar surface area (TPSA) is 64.0 Å². The number of benzene rings is 2. The van der Waals surface area contributed by atoms with Gasteiger partial charge in [-0.05, 0) is 42.2 Å². The second kappa shape index (κ2) is 9.06. The molecule has 0 fully saturated rings. The minimum Gasteiger partial charge on any atom is -0.355 e. The smallest absolute Gasteiger partial charge is 0.262 e. The van der Waals surface area contributed by atoms with E-state index >= 15 is 0 Å². The van der Waals surface area contributed by atoms with Crippen molar-refractivity contribution < 1.29 is 4.79 Å². The Morgan fingerprint density at radius 1 is 1.18 bits per heavy atom. The second-order valence-corrected chi connectivity index (χ2v) is 8.06. The molecule has 0 bridgehead atoms. The first-order valence-corrected chi connectivity index (χ1v) is 10.4. The van der Waals surface area contributed by atoms with Crippen molar-refractivity contribution in [2.24, 2.45) is 5.92 Å². The van der Waals surface area contributed by atoms with Gasteiger partial charge in [-0.1, -0.05) is 49.9 Å². The largest absolute Gasteiger partial charge is 0.355 e. The summed E-state index contributed by atoms with van der Waals surface area (Å²) in [5.74, 6) is 1.03. The van der Waals surface area contributed by atoms with Crippen molar-refractivity contribution in [3.63, 3.8) is 0 Å². The fourth-order valence-electron chi connectivity index (χ4n) is 2.94. The van der Waals surface area contributed by atoms with Crippen molar-refractivity contribution >= 4 is 28.6 Å². The zero-order chi connectivity index (χ0) is 20.1. The van der Waals surface area contributed by atoms with Crippen molar-refractivity contribution in [1.82, 2.24) is 14.9 Å². The van der Waals surface area contributed by atoms with Crippen molar-refractivity contribution in [3.05, 3.63) is 70.0 Å². The van der Waals surface area contributed by atoms with Crippen LogP contribution in [-0.4, -0.2) is 22.5 Å². The molecule has 2 aromatic carbocycles. The first-order chi connectivity index (χ1) is 13.5. The molecule has 28 heavy (non-hydrogen) atoms. The molecule has 0 radical (unpaired) electrons. The normalized spacial score (nSPS) is 11.1. The predicted octanol–water partition coefficient (Wildman–Crippen LogP) is 4.09. The number of aromatic nitrogens is 2. The van der Waals surface area contributed by atoms with Crippen LogP contribution in [0, 0.1) is 5.92 Å². The van der Waals surface area contributed by atoms with Gasteiger partial charge in [0.2, 0.25) is 0 Å². The van der Waals surface area contributed by atoms with E-state index in [1.807, 2.05) is 42.5 Å². The molecule has 1 N–H and O–H groups in total. The molecule has 0 atom stereocenters. The molecule has 5 nitrogen and oxygen atoms in total. The summed E-state index contributed by atoms with van der Waals surface area (Å²) in [4.78, 5) is 29.6. The van der Waals surface area contributed by atoms with Gasteiger partial charge in [0, 0.05) is 24.9 Å². The summed E-state index contributed by atoms with van der Waals surface area (Å²) in [5.41, 5.74) is 2.37. The molecule has 0 aliphatic heterocycles. The quantitative estimate of drug-likeness (QED) is 0.483. The van der Waals surface area contributed by atoms with E-state index in [0.29, 0.717) is 29.2 Å². The maximum atomic E-state index is 13.0. The maximum absolute atomic E-state index is 13.0. The van der Waals surface area contributed by atoms with Crippen LogP contribution in [0.2, 0.25) is 0 Å². The zero-order valence-electron chi connectivity index (χ0n) is 16.4. The van der Waals surface area contributed by atoms with E-state index in [1.54, 1.807) is 17.7 Å². The standard InChI is InChI=1S/C22H25N3O2S/c1-15(2)11-12-25-21(27)18-9-4-5-10-19(18)24-22(25)28-14-16-7-6-8-17(13-16)20(26)23-3/h4-10,13,15H,11-12,14H2,1-3H3,(H,23,26). The molecule has 0 unspecified atom stereocenters. The molecular formula is C22H25N3O2S. The highest BCUT2D eigenvalue weighted by Gasteiger charge is 2.13. The molecule has 0 aliphatic carbocycles. The molecular weight excluding hydrogens is 370 g/mol. The summed E-state index contributed by atoms with van der Waals surface area (Å²) in [6, 6.07) is 15.0. The molecule has 0 saturated carbocycles. The summed E-state index contributed by atoms with van der Waals surface area (Å²) >= 11 is 1.53. The average Bonchev–Trinajstić information content (AvgIpc) is 2.71. The highest BCUT2D eigenvalue weighted by molar-refractivity contribution is 7.98. The van der Waals surface area contributed by atoms with Crippen LogP contribution in [0.25, 0.3) is 10.9 Å². The Kier molecular flexibility index (Phi) is 6.52. The summed E-state index contributed by atoms with van der Waals surface area (Å²) in [6.07, 6.45) is 0.916. The lowest BCUT2D eigenvalue weighted by Crippen LogP contribution is -2.24. The lowest BCUT2D eigenvalue weighted by molar-refractivity contribution is 0.0963. The molecule has 1 aromatic heterocycles. The van der Waals surface area contributed by atoms with Gasteiger partial charge in [0.25, 0.3) is 11.5 Å². The van der Waals surface area contributed by atoms with E-state index in [0.717, 1.165) is 22.7 Å². The van der Waals surface area contributed by atoms with Gasteiger partial charge in [0.05, 0.1) is 10.9 Å². The lowest BCUT2D eigenvalue weighted by atomic mass is 10.1. The molecule has 1 heterocycles. The summed E-state index contributed by atoms with van der Waals surface area (Å²) in [6.45, 7) is 4.95. The van der Waals surface area contributed by atoms with Crippen LogP contribution in [0.3, 0.4) is 0 Å². The van der Waals surface area contributed by atoms with Crippen molar-refractivity contribution in [1.29, 1.82) is 0 Å². The summed E-state index contributed by atoms with van der Waals surface area (Å²) in [5, 5.41) is 4.01. The molecule has 146 valence electrons. The zero-order valence-corrected chi connectivity index (χ0v) is 17.3. The number of carbonyl (C=O) groups is 1. The molecule has 0 spiro atoms. The van der Waals surface area contributed by atoms with Gasteiger partial charge in [-0.3, -0.25) is 14.2 Å². The van der Waals surface area contributed by atoms with E-state index in [4.69, 9.17) is 4.98 Å². The van der Waals surface area contributed by atoms with E-state index in [-0.39, 0.29) is 11.5 Å². The average molecular weight is 396 g/mol. The van der Waals surface area contributed by atoms with Gasteiger partial charge < -0.3 is 5.32 Å². The number of nitrogens with zero attached hydrogens (tertiary/aromatic N) is 2. The number of amides is 1. The highest BCUT2D eigenvalue weighted by Crippen LogP contribution is 2.23. The third kappa shape index (κ3) is 4.62. The van der Waals surface area contributed by atoms with Crippen LogP contribution in [0.15, 0.2) is 58.5 Å². The first-order valence-electron chi connectivity index (χ1n) is 9.43. The van der Waals surface area contributed by atoms with E-state index in [9.17, 15) is 9.59 Å². The van der Waals surface area contributed by atoms with E-state index < -0.39 is 0 Å². The summed E-state index contributed by atoms with van der Waals surface area (Å²) < 4.78 is 1.79. The number of nitrogens with one attached hydrogen (secondary N) is 1. The number of fused-ring (bicyclic) bond motifs is 1. The molecule has 1 amide bonds. The first kappa shape index (κ1) is 20.1. The number of thioether (sulfide) groups is 1. The molecule has 0 aliphatic rings. The monoisotopic (exact) mass is 395 g/mol. The number of hydrogen-bond acceptors (Lipinski definition) is 4. The number of para-hydroxylation sites is 1. The van der Waals surface area contributed by atoms with Crippen LogP contribution in [-0.2, 0) is 12.3 Å². The van der Waals surface area contributed by atoms with Gasteiger partial charge in [-0.25, -0.2) is 4.98 Å². The van der Waals surface area contributed by atoms with E-state index in [1.165, 1.54) is 11.8 Å². The van der Waals surface area contributed by atoms with Gasteiger partial charge in [-0.2, -0.15) is 0 Å². The Morgan fingerprint density at radius 2 is 1.96 bits per heavy atom. The predicted molar refractivity (Wildman–Crippen MR) is 115 cm³/mol. The van der Waals surface area contributed by atoms with Gasteiger partial charge >= 0.3 is 0 Å². The number of rotatable bonds is 7. The molecule has 3 rings (SSSR count). The van der Waals surface area contributed by atoms with Crippen LogP contribution in [0.5, 0.6) is 0 Å². The highest BCUT2D eigenvalue weighted by atomic mass is 32.2. The van der Waals surface area contributed by atoms with Crippen molar-refractivity contribution in [3.8, 4) is 0 Å². The Hall–Kier alpha value is -2.60. The Labute approximate surface area is 169 Å². The Morgan fingerprint density at radius 3 is 2.71 bits per heavy atom. The van der Waals surface area contributed by atoms with Crippen LogP contribution >= 0.6 is 11.8 Å². The molecule has 0 saturated heterocycles. The Bertz CT molecular complexity index is 1040. The van der Waals surface area contributed by atoms with Crippen LogP contribution < -0.4 is 10.9 Å². The Balaban J connectivity index is 1.92. The fraction of sp³-hybridized carbons (Fsp3) is 0.318. The van der Waals surface area contributed by atoms with Crippen LogP contribution in [0.1, 0.15) is 36.2 Å². The SMILES string of the molecule is CNC(=O)c1cccc(CSc2nc3ccccc3c(=O)n2CCC(C)C)c1. The summed E-state index contributed by atoms with van der Waals surface area (Å²) in [7, 11) is 1.62. The maximum Gasteiger partial charge on any atom is 0.262 e. The minimum atomic E-state index is -0.107. The third-order valence-corrected chi connectivity index (χ3v) is 5.59. The van der Waals surface area contributed by atoms with Gasteiger partial charge in [-0.15, -0.1) is 0 Å². The molecule has 6 heteroatoms. The lowest BCUT2D eigenvalue weighted by Gasteiger charge is -2.14. The minimum absolute atomic E-state index is 0.00728. The van der Waals surface area contributed by atoms with Crippen molar-refractivity contribution in [2.45, 2.75) is 37.7 Å². The molecule has 3 aromatic rings. The third-order valence-electron chi connectivity index (χ3n) is 4.54.